The first-order valence-corrected chi connectivity index (χ1v) is 6.25. The zero-order chi connectivity index (χ0) is 12.8. The Morgan fingerprint density at radius 2 is 2.18 bits per heavy atom. The molecule has 0 saturated carbocycles. The highest BCUT2D eigenvalue weighted by Crippen LogP contribution is 2.13. The van der Waals surface area contributed by atoms with Crippen molar-refractivity contribution in [2.24, 2.45) is 11.8 Å². The Kier molecular flexibility index (Phi) is 5.88. The van der Waals surface area contributed by atoms with E-state index in [1.54, 1.807) is 0 Å². The van der Waals surface area contributed by atoms with Gasteiger partial charge in [0.15, 0.2) is 0 Å². The van der Waals surface area contributed by atoms with Gasteiger partial charge in [-0.2, -0.15) is 0 Å². The molecule has 0 spiro atoms. The number of amides is 1. The molecule has 0 aliphatic carbocycles. The molecular formula is C12H24N2O3. The summed E-state index contributed by atoms with van der Waals surface area (Å²) < 4.78 is 5.27. The Labute approximate surface area is 103 Å². The molecule has 1 amide bonds. The van der Waals surface area contributed by atoms with E-state index in [4.69, 9.17) is 4.74 Å². The van der Waals surface area contributed by atoms with Gasteiger partial charge in [0, 0.05) is 12.6 Å². The zero-order valence-electron chi connectivity index (χ0n) is 10.9. The molecule has 17 heavy (non-hydrogen) atoms. The molecule has 5 nitrogen and oxygen atoms in total. The predicted molar refractivity (Wildman–Crippen MR) is 65.6 cm³/mol. The Morgan fingerprint density at radius 1 is 1.47 bits per heavy atom. The maximum absolute atomic E-state index is 11.9. The lowest BCUT2D eigenvalue weighted by Crippen LogP contribution is -2.44. The first-order chi connectivity index (χ1) is 8.04. The minimum atomic E-state index is -0.464. The van der Waals surface area contributed by atoms with Crippen LogP contribution in [0.3, 0.4) is 0 Å². The van der Waals surface area contributed by atoms with Gasteiger partial charge in [0.05, 0.1) is 25.2 Å². The Bertz CT molecular complexity index is 246. The first kappa shape index (κ1) is 14.4. The van der Waals surface area contributed by atoms with Crippen molar-refractivity contribution in [2.45, 2.75) is 32.4 Å². The van der Waals surface area contributed by atoms with Gasteiger partial charge in [0.1, 0.15) is 0 Å². The summed E-state index contributed by atoms with van der Waals surface area (Å²) in [7, 11) is 1.83. The van der Waals surface area contributed by atoms with Crippen LogP contribution in [0.25, 0.3) is 0 Å². The molecule has 1 aliphatic rings. The van der Waals surface area contributed by atoms with Gasteiger partial charge in [0.25, 0.3) is 0 Å². The molecule has 1 fully saturated rings. The third-order valence-corrected chi connectivity index (χ3v) is 3.04. The standard InChI is InChI=1S/C12H24N2O3/c1-8(2)4-9(15)5-14-12(16)10-6-17-7-11(10)13-3/h8-11,13,15H,4-7H2,1-3H3,(H,14,16). The summed E-state index contributed by atoms with van der Waals surface area (Å²) in [5.41, 5.74) is 0. The van der Waals surface area contributed by atoms with Gasteiger partial charge in [-0.25, -0.2) is 0 Å². The van der Waals surface area contributed by atoms with Crippen LogP contribution >= 0.6 is 0 Å². The molecule has 5 heteroatoms. The van der Waals surface area contributed by atoms with Crippen LogP contribution in [0.15, 0.2) is 0 Å². The molecule has 0 radical (unpaired) electrons. The van der Waals surface area contributed by atoms with Crippen LogP contribution in [-0.2, 0) is 9.53 Å². The van der Waals surface area contributed by atoms with Crippen molar-refractivity contribution >= 4 is 5.91 Å². The fourth-order valence-electron chi connectivity index (χ4n) is 2.07. The second-order valence-corrected chi connectivity index (χ2v) is 5.07. The molecule has 100 valence electrons. The Hall–Kier alpha value is -0.650. The van der Waals surface area contributed by atoms with Crippen molar-refractivity contribution in [3.05, 3.63) is 0 Å². The molecule has 3 atom stereocenters. The van der Waals surface area contributed by atoms with Crippen molar-refractivity contribution in [3.8, 4) is 0 Å². The summed E-state index contributed by atoms with van der Waals surface area (Å²) in [5, 5.41) is 15.5. The molecule has 1 heterocycles. The fourth-order valence-corrected chi connectivity index (χ4v) is 2.07. The molecule has 0 aromatic rings. The monoisotopic (exact) mass is 244 g/mol. The summed E-state index contributed by atoms with van der Waals surface area (Å²) in [6.07, 6.45) is 0.242. The van der Waals surface area contributed by atoms with E-state index in [1.165, 1.54) is 0 Å². The highest BCUT2D eigenvalue weighted by Gasteiger charge is 2.32. The lowest BCUT2D eigenvalue weighted by atomic mass is 10.0. The van der Waals surface area contributed by atoms with Gasteiger partial charge >= 0.3 is 0 Å². The zero-order valence-corrected chi connectivity index (χ0v) is 10.9. The van der Waals surface area contributed by atoms with Gasteiger partial charge in [-0.15, -0.1) is 0 Å². The van der Waals surface area contributed by atoms with E-state index in [-0.39, 0.29) is 17.9 Å². The highest BCUT2D eigenvalue weighted by molar-refractivity contribution is 5.79. The van der Waals surface area contributed by atoms with Gasteiger partial charge in [-0.05, 0) is 19.4 Å². The number of aliphatic hydroxyl groups excluding tert-OH is 1. The third-order valence-electron chi connectivity index (χ3n) is 3.04. The number of hydrogen-bond acceptors (Lipinski definition) is 4. The Balaban J connectivity index is 2.29. The van der Waals surface area contributed by atoms with Crippen LogP contribution in [0.2, 0.25) is 0 Å². The summed E-state index contributed by atoms with van der Waals surface area (Å²) >= 11 is 0. The quantitative estimate of drug-likeness (QED) is 0.602. The molecule has 1 aliphatic heterocycles. The highest BCUT2D eigenvalue weighted by atomic mass is 16.5. The molecule has 0 aromatic heterocycles. The maximum atomic E-state index is 11.9. The molecule has 1 saturated heterocycles. The van der Waals surface area contributed by atoms with Crippen molar-refractivity contribution in [1.82, 2.24) is 10.6 Å². The van der Waals surface area contributed by atoms with E-state index in [0.29, 0.717) is 32.1 Å². The van der Waals surface area contributed by atoms with Gasteiger partial charge in [-0.1, -0.05) is 13.8 Å². The summed E-state index contributed by atoms with van der Waals surface area (Å²) in [4.78, 5) is 11.9. The molecular weight excluding hydrogens is 220 g/mol. The van der Waals surface area contributed by atoms with Crippen LogP contribution in [0.5, 0.6) is 0 Å². The third kappa shape index (κ3) is 4.61. The van der Waals surface area contributed by atoms with E-state index in [1.807, 2.05) is 20.9 Å². The smallest absolute Gasteiger partial charge is 0.227 e. The van der Waals surface area contributed by atoms with Crippen molar-refractivity contribution in [2.75, 3.05) is 26.8 Å². The van der Waals surface area contributed by atoms with Crippen molar-refractivity contribution in [1.29, 1.82) is 0 Å². The summed E-state index contributed by atoms with van der Waals surface area (Å²) in [6.45, 7) is 5.45. The molecule has 3 N–H and O–H groups in total. The summed E-state index contributed by atoms with van der Waals surface area (Å²) in [6, 6.07) is 0.0808. The van der Waals surface area contributed by atoms with E-state index in [9.17, 15) is 9.90 Å². The van der Waals surface area contributed by atoms with Crippen LogP contribution < -0.4 is 10.6 Å². The minimum Gasteiger partial charge on any atom is -0.391 e. The SMILES string of the molecule is CNC1COCC1C(=O)NCC(O)CC(C)C. The number of carbonyl (C=O) groups is 1. The van der Waals surface area contributed by atoms with E-state index in [0.717, 1.165) is 0 Å². The number of ether oxygens (including phenoxy) is 1. The topological polar surface area (TPSA) is 70.6 Å². The lowest BCUT2D eigenvalue weighted by Gasteiger charge is -2.18. The van der Waals surface area contributed by atoms with Crippen LogP contribution in [-0.4, -0.2) is 50.0 Å². The maximum Gasteiger partial charge on any atom is 0.227 e. The number of nitrogens with one attached hydrogen (secondary N) is 2. The lowest BCUT2D eigenvalue weighted by molar-refractivity contribution is -0.125. The number of rotatable bonds is 6. The van der Waals surface area contributed by atoms with Gasteiger partial charge < -0.3 is 20.5 Å². The fraction of sp³-hybridized carbons (Fsp3) is 0.917. The Morgan fingerprint density at radius 3 is 2.76 bits per heavy atom. The minimum absolute atomic E-state index is 0.0374. The van der Waals surface area contributed by atoms with Gasteiger partial charge in [0.2, 0.25) is 5.91 Å². The normalized spacial score (nSPS) is 26.2. The molecule has 0 aromatic carbocycles. The second-order valence-electron chi connectivity index (χ2n) is 5.07. The number of hydrogen-bond donors (Lipinski definition) is 3. The van der Waals surface area contributed by atoms with E-state index < -0.39 is 6.10 Å². The van der Waals surface area contributed by atoms with Crippen LogP contribution in [0, 0.1) is 11.8 Å². The largest absolute Gasteiger partial charge is 0.391 e. The number of likely N-dealkylation sites (N-methyl/N-ethyl adjacent to an activating group) is 1. The summed E-state index contributed by atoms with van der Waals surface area (Å²) in [5.74, 6) is 0.248. The van der Waals surface area contributed by atoms with Crippen LogP contribution in [0.1, 0.15) is 20.3 Å². The van der Waals surface area contributed by atoms with Crippen molar-refractivity contribution < 1.29 is 14.6 Å². The molecule has 0 bridgehead atoms. The van der Waals surface area contributed by atoms with Crippen molar-refractivity contribution in [3.63, 3.8) is 0 Å². The second kappa shape index (κ2) is 6.93. The number of aliphatic hydroxyl groups is 1. The average Bonchev–Trinajstić information content (AvgIpc) is 2.72. The average molecular weight is 244 g/mol. The molecule has 1 rings (SSSR count). The first-order valence-electron chi connectivity index (χ1n) is 6.25. The number of carbonyl (C=O) groups excluding carboxylic acids is 1. The van der Waals surface area contributed by atoms with E-state index in [2.05, 4.69) is 10.6 Å². The van der Waals surface area contributed by atoms with Crippen LogP contribution in [0.4, 0.5) is 0 Å². The van der Waals surface area contributed by atoms with Gasteiger partial charge in [-0.3, -0.25) is 4.79 Å². The predicted octanol–water partition coefficient (Wildman–Crippen LogP) is -0.256. The molecule has 3 unspecified atom stereocenters. The van der Waals surface area contributed by atoms with E-state index >= 15 is 0 Å².